The molecule has 1 N–H and O–H groups in total. The van der Waals surface area contributed by atoms with Gasteiger partial charge in [0, 0.05) is 20.5 Å². The molecule has 2 aromatic heterocycles. The number of aromatic amines is 1. The van der Waals surface area contributed by atoms with Gasteiger partial charge in [-0.2, -0.15) is 0 Å². The molecule has 6 heteroatoms. The highest BCUT2D eigenvalue weighted by Gasteiger charge is 2.19. The molecule has 3 aromatic rings. The van der Waals surface area contributed by atoms with E-state index in [9.17, 15) is 4.79 Å². The summed E-state index contributed by atoms with van der Waals surface area (Å²) in [6.07, 6.45) is 7.88. The Morgan fingerprint density at radius 1 is 1.12 bits per heavy atom. The molecule has 0 aliphatic heterocycles. The number of nitrogens with zero attached hydrogens (tertiary/aromatic N) is 1. The van der Waals surface area contributed by atoms with Crippen LogP contribution in [-0.4, -0.2) is 9.97 Å². The van der Waals surface area contributed by atoms with Crippen molar-refractivity contribution in [3.63, 3.8) is 0 Å². The van der Waals surface area contributed by atoms with Gasteiger partial charge in [-0.3, -0.25) is 4.79 Å². The van der Waals surface area contributed by atoms with E-state index >= 15 is 0 Å². The lowest BCUT2D eigenvalue weighted by molar-refractivity contribution is 0.700. The fourth-order valence-corrected chi connectivity index (χ4v) is 4.88. The van der Waals surface area contributed by atoms with E-state index in [2.05, 4.69) is 9.97 Å². The summed E-state index contributed by atoms with van der Waals surface area (Å²) in [7, 11) is 0. The number of rotatable bonds is 2. The van der Waals surface area contributed by atoms with Gasteiger partial charge < -0.3 is 4.98 Å². The molecule has 0 saturated carbocycles. The maximum absolute atomic E-state index is 12.5. The van der Waals surface area contributed by atoms with E-state index in [1.165, 1.54) is 16.9 Å². The van der Waals surface area contributed by atoms with Crippen molar-refractivity contribution < 1.29 is 0 Å². The molecule has 0 fully saturated rings. The van der Waals surface area contributed by atoms with Crippen LogP contribution in [-0.2, 0) is 12.8 Å². The van der Waals surface area contributed by atoms with E-state index in [-0.39, 0.29) is 5.56 Å². The smallest absolute Gasteiger partial charge is 0.260 e. The minimum absolute atomic E-state index is 0.0655. The Morgan fingerprint density at radius 3 is 2.67 bits per heavy atom. The molecule has 1 aromatic carbocycles. The van der Waals surface area contributed by atoms with Gasteiger partial charge in [-0.05, 0) is 55.5 Å². The molecule has 0 saturated heterocycles. The number of hydrogen-bond acceptors (Lipinski definition) is 3. The largest absolute Gasteiger partial charge is 0.306 e. The summed E-state index contributed by atoms with van der Waals surface area (Å²) in [6, 6.07) is 5.35. The summed E-state index contributed by atoms with van der Waals surface area (Å²) in [5, 5.41) is 1.89. The fourth-order valence-electron chi connectivity index (χ4n) is 3.09. The number of nitrogens with one attached hydrogen (secondary N) is 1. The van der Waals surface area contributed by atoms with Crippen molar-refractivity contribution in [2.24, 2.45) is 0 Å². The predicted octanol–water partition coefficient (Wildman–Crippen LogP) is 5.34. The first-order chi connectivity index (χ1) is 11.6. The van der Waals surface area contributed by atoms with Crippen molar-refractivity contribution in [2.75, 3.05) is 0 Å². The predicted molar refractivity (Wildman–Crippen MR) is 102 cm³/mol. The standard InChI is InChI=1S/C18H14Cl2N2OS/c19-12-5-3-6-13(20)10(12)8-9-15-21-17(23)16-11-4-1-2-7-14(11)24-18(16)22-15/h3,5-6,8-9H,1-2,4,7H2,(H,21,22,23)/b9-8+. The number of halogens is 2. The van der Waals surface area contributed by atoms with Crippen LogP contribution < -0.4 is 5.56 Å². The van der Waals surface area contributed by atoms with E-state index in [0.29, 0.717) is 21.4 Å². The van der Waals surface area contributed by atoms with Crippen LogP contribution >= 0.6 is 34.5 Å². The highest BCUT2D eigenvalue weighted by molar-refractivity contribution is 7.18. The summed E-state index contributed by atoms with van der Waals surface area (Å²) in [5.74, 6) is 0.516. The van der Waals surface area contributed by atoms with Crippen molar-refractivity contribution in [2.45, 2.75) is 25.7 Å². The second-order valence-corrected chi connectivity index (χ2v) is 7.71. The molecule has 1 aliphatic rings. The normalized spacial score (nSPS) is 14.4. The maximum atomic E-state index is 12.5. The van der Waals surface area contributed by atoms with Gasteiger partial charge in [-0.1, -0.05) is 29.3 Å². The van der Waals surface area contributed by atoms with Crippen molar-refractivity contribution >= 4 is 56.9 Å². The minimum atomic E-state index is -0.0655. The average Bonchev–Trinajstić information content (AvgIpc) is 2.93. The molecule has 1 aliphatic carbocycles. The minimum Gasteiger partial charge on any atom is -0.306 e. The Kier molecular flexibility index (Phi) is 4.21. The van der Waals surface area contributed by atoms with Crippen LogP contribution in [0.3, 0.4) is 0 Å². The monoisotopic (exact) mass is 376 g/mol. The third kappa shape index (κ3) is 2.79. The van der Waals surface area contributed by atoms with Crippen LogP contribution in [0.1, 0.15) is 34.7 Å². The summed E-state index contributed by atoms with van der Waals surface area (Å²) in [6.45, 7) is 0. The number of aromatic nitrogens is 2. The van der Waals surface area contributed by atoms with Gasteiger partial charge in [0.1, 0.15) is 10.7 Å². The lowest BCUT2D eigenvalue weighted by Gasteiger charge is -2.09. The van der Waals surface area contributed by atoms with Gasteiger partial charge >= 0.3 is 0 Å². The Balaban J connectivity index is 1.78. The van der Waals surface area contributed by atoms with Gasteiger partial charge in [0.25, 0.3) is 5.56 Å². The van der Waals surface area contributed by atoms with E-state index in [0.717, 1.165) is 29.5 Å². The summed E-state index contributed by atoms with van der Waals surface area (Å²) >= 11 is 14.0. The Morgan fingerprint density at radius 2 is 1.88 bits per heavy atom. The zero-order valence-electron chi connectivity index (χ0n) is 12.7. The summed E-state index contributed by atoms with van der Waals surface area (Å²) in [4.78, 5) is 22.1. The molecule has 24 heavy (non-hydrogen) atoms. The number of thiophene rings is 1. The average molecular weight is 377 g/mol. The number of benzene rings is 1. The first kappa shape index (κ1) is 15.9. The second-order valence-electron chi connectivity index (χ2n) is 5.81. The molecule has 0 radical (unpaired) electrons. The lowest BCUT2D eigenvalue weighted by atomic mass is 9.97. The third-order valence-electron chi connectivity index (χ3n) is 4.25. The molecule has 0 atom stereocenters. The van der Waals surface area contributed by atoms with E-state index in [1.807, 2.05) is 0 Å². The van der Waals surface area contributed by atoms with Crippen molar-refractivity contribution in [1.29, 1.82) is 0 Å². The molecule has 0 spiro atoms. The molecule has 0 amide bonds. The van der Waals surface area contributed by atoms with E-state index in [4.69, 9.17) is 23.2 Å². The maximum Gasteiger partial charge on any atom is 0.260 e. The molecular formula is C18H14Cl2N2OS. The first-order valence-corrected chi connectivity index (χ1v) is 9.37. The SMILES string of the molecule is O=c1[nH]c(/C=C/c2c(Cl)cccc2Cl)nc2sc3c(c12)CCCC3. The van der Waals surface area contributed by atoms with Crippen LogP contribution in [0.4, 0.5) is 0 Å². The molecule has 122 valence electrons. The topological polar surface area (TPSA) is 45.8 Å². The molecule has 4 rings (SSSR count). The zero-order valence-corrected chi connectivity index (χ0v) is 15.1. The third-order valence-corrected chi connectivity index (χ3v) is 6.10. The second kappa shape index (κ2) is 6.36. The van der Waals surface area contributed by atoms with Gasteiger partial charge in [-0.25, -0.2) is 4.98 Å². The van der Waals surface area contributed by atoms with Crippen LogP contribution in [0.15, 0.2) is 23.0 Å². The number of aryl methyl sites for hydroxylation is 2. The fraction of sp³-hybridized carbons (Fsp3) is 0.222. The van der Waals surface area contributed by atoms with Crippen LogP contribution in [0.2, 0.25) is 10.0 Å². The molecule has 3 nitrogen and oxygen atoms in total. The Bertz CT molecular complexity index is 1000. The zero-order chi connectivity index (χ0) is 16.7. The molecule has 0 bridgehead atoms. The highest BCUT2D eigenvalue weighted by Crippen LogP contribution is 2.33. The van der Waals surface area contributed by atoms with Gasteiger partial charge in [-0.15, -0.1) is 11.3 Å². The van der Waals surface area contributed by atoms with Crippen molar-refractivity contribution in [3.8, 4) is 0 Å². The van der Waals surface area contributed by atoms with Crippen LogP contribution in [0, 0.1) is 0 Å². The van der Waals surface area contributed by atoms with E-state index < -0.39 is 0 Å². The lowest BCUT2D eigenvalue weighted by Crippen LogP contribution is -2.11. The summed E-state index contributed by atoms with van der Waals surface area (Å²) in [5.41, 5.74) is 1.85. The van der Waals surface area contributed by atoms with E-state index in [1.54, 1.807) is 41.7 Å². The molecular weight excluding hydrogens is 363 g/mol. The van der Waals surface area contributed by atoms with Crippen molar-refractivity contribution in [1.82, 2.24) is 9.97 Å². The first-order valence-electron chi connectivity index (χ1n) is 7.80. The Hall–Kier alpha value is -1.62. The Labute approximate surface area is 153 Å². The molecule has 0 unspecified atom stereocenters. The highest BCUT2D eigenvalue weighted by atomic mass is 35.5. The van der Waals surface area contributed by atoms with Gasteiger partial charge in [0.05, 0.1) is 5.39 Å². The number of hydrogen-bond donors (Lipinski definition) is 1. The van der Waals surface area contributed by atoms with Crippen LogP contribution in [0.25, 0.3) is 22.4 Å². The summed E-state index contributed by atoms with van der Waals surface area (Å²) < 4.78 is 0. The number of fused-ring (bicyclic) bond motifs is 3. The quantitative estimate of drug-likeness (QED) is 0.655. The van der Waals surface area contributed by atoms with Gasteiger partial charge in [0.2, 0.25) is 0 Å². The molecule has 2 heterocycles. The van der Waals surface area contributed by atoms with Crippen molar-refractivity contribution in [3.05, 3.63) is 60.4 Å². The number of H-pyrrole nitrogens is 1. The van der Waals surface area contributed by atoms with Gasteiger partial charge in [0.15, 0.2) is 0 Å². The van der Waals surface area contributed by atoms with Crippen LogP contribution in [0.5, 0.6) is 0 Å².